The molecule has 0 unspecified atom stereocenters. The molecule has 2 fully saturated rings. The lowest BCUT2D eigenvalue weighted by atomic mass is 9.84. The molecule has 8 heteroatoms. The molecule has 1 aromatic carbocycles. The third-order valence-corrected chi connectivity index (χ3v) is 5.10. The molecule has 25 heavy (non-hydrogen) atoms. The number of aromatic hydroxyl groups is 1. The number of benzene rings is 1. The molecule has 0 radical (unpaired) electrons. The number of rotatable bonds is 5. The molecule has 2 aliphatic heterocycles. The van der Waals surface area contributed by atoms with Crippen LogP contribution in [0.1, 0.15) is 24.4 Å². The highest BCUT2D eigenvalue weighted by molar-refractivity contribution is 5.55. The van der Waals surface area contributed by atoms with Crippen LogP contribution in [0.25, 0.3) is 0 Å². The summed E-state index contributed by atoms with van der Waals surface area (Å²) in [6.45, 7) is 4.78. The van der Waals surface area contributed by atoms with Crippen molar-refractivity contribution in [2.45, 2.75) is 18.9 Å². The van der Waals surface area contributed by atoms with Gasteiger partial charge in [-0.05, 0) is 18.8 Å². The number of hydrogen-bond acceptors (Lipinski definition) is 7. The zero-order chi connectivity index (χ0) is 17.8. The lowest BCUT2D eigenvalue weighted by molar-refractivity contribution is -0.385. The first-order valence-corrected chi connectivity index (χ1v) is 8.69. The molecule has 0 aliphatic carbocycles. The second-order valence-corrected chi connectivity index (χ2v) is 6.52. The minimum Gasteiger partial charge on any atom is -0.504 e. The van der Waals surface area contributed by atoms with Gasteiger partial charge in [-0.1, -0.05) is 0 Å². The first kappa shape index (κ1) is 17.9. The van der Waals surface area contributed by atoms with E-state index in [-0.39, 0.29) is 29.1 Å². The molecule has 1 atom stereocenters. The average molecular weight is 351 g/mol. The maximum atomic E-state index is 11.3. The monoisotopic (exact) mass is 351 g/mol. The summed E-state index contributed by atoms with van der Waals surface area (Å²) in [6.07, 6.45) is 1.75. The third-order valence-electron chi connectivity index (χ3n) is 5.10. The number of hydrogen-bond donors (Lipinski definition) is 2. The van der Waals surface area contributed by atoms with Gasteiger partial charge in [0.2, 0.25) is 0 Å². The fraction of sp³-hybridized carbons (Fsp3) is 0.647. The molecule has 0 amide bonds. The SMILES string of the molecule is COc1cc([N+](=O)[O-])cc([C@H](C2CCOCC2)N2CCNCC2)c1O. The highest BCUT2D eigenvalue weighted by atomic mass is 16.6. The number of ether oxygens (including phenoxy) is 2. The standard InChI is InChI=1S/C17H25N3O5/c1-24-15-11-13(20(22)23)10-14(17(15)21)16(12-2-8-25-9-3-12)19-6-4-18-5-7-19/h10-12,16,18,21H,2-9H2,1H3/t16-/m0/s1. The van der Waals surface area contributed by atoms with Crippen LogP contribution in [-0.2, 0) is 4.74 Å². The van der Waals surface area contributed by atoms with Crippen molar-refractivity contribution in [2.75, 3.05) is 46.5 Å². The van der Waals surface area contributed by atoms with Gasteiger partial charge in [0.05, 0.1) is 18.1 Å². The zero-order valence-electron chi connectivity index (χ0n) is 14.4. The van der Waals surface area contributed by atoms with Crippen molar-refractivity contribution in [3.05, 3.63) is 27.8 Å². The molecule has 2 N–H and O–H groups in total. The van der Waals surface area contributed by atoms with Crippen molar-refractivity contribution < 1.29 is 19.5 Å². The lowest BCUT2D eigenvalue weighted by Crippen LogP contribution is -2.47. The quantitative estimate of drug-likeness (QED) is 0.615. The Balaban J connectivity index is 2.04. The first-order chi connectivity index (χ1) is 12.1. The Labute approximate surface area is 146 Å². The van der Waals surface area contributed by atoms with Crippen LogP contribution in [0, 0.1) is 16.0 Å². The highest BCUT2D eigenvalue weighted by Gasteiger charge is 2.35. The van der Waals surface area contributed by atoms with E-state index in [0.717, 1.165) is 39.0 Å². The summed E-state index contributed by atoms with van der Waals surface area (Å²) in [6, 6.07) is 2.69. The van der Waals surface area contributed by atoms with Crippen LogP contribution in [0.5, 0.6) is 11.5 Å². The molecule has 3 rings (SSSR count). The number of piperazine rings is 1. The number of nitrogens with one attached hydrogen (secondary N) is 1. The van der Waals surface area contributed by atoms with Crippen molar-refractivity contribution in [2.24, 2.45) is 5.92 Å². The van der Waals surface area contributed by atoms with E-state index >= 15 is 0 Å². The number of nitrogens with zero attached hydrogens (tertiary/aromatic N) is 2. The summed E-state index contributed by atoms with van der Waals surface area (Å²) in [5, 5.41) is 25.4. The van der Waals surface area contributed by atoms with Crippen LogP contribution in [0.2, 0.25) is 0 Å². The van der Waals surface area contributed by atoms with E-state index in [1.54, 1.807) is 0 Å². The predicted octanol–water partition coefficient (Wildman–Crippen LogP) is 1.68. The maximum Gasteiger partial charge on any atom is 0.273 e. The minimum atomic E-state index is -0.440. The third kappa shape index (κ3) is 3.86. The smallest absolute Gasteiger partial charge is 0.273 e. The number of phenolic OH excluding ortho intramolecular Hbond substituents is 1. The Hall–Kier alpha value is -1.90. The zero-order valence-corrected chi connectivity index (χ0v) is 14.4. The molecule has 138 valence electrons. The number of phenols is 1. The van der Waals surface area contributed by atoms with Gasteiger partial charge in [-0.2, -0.15) is 0 Å². The number of methoxy groups -OCH3 is 1. The van der Waals surface area contributed by atoms with Crippen molar-refractivity contribution in [1.29, 1.82) is 0 Å². The van der Waals surface area contributed by atoms with E-state index in [2.05, 4.69) is 10.2 Å². The number of nitro groups is 1. The highest BCUT2D eigenvalue weighted by Crippen LogP contribution is 2.44. The predicted molar refractivity (Wildman–Crippen MR) is 92.0 cm³/mol. The van der Waals surface area contributed by atoms with E-state index in [1.807, 2.05) is 0 Å². The Bertz CT molecular complexity index is 595. The van der Waals surface area contributed by atoms with Gasteiger partial charge in [0.25, 0.3) is 5.69 Å². The fourth-order valence-corrected chi connectivity index (χ4v) is 3.84. The molecule has 2 heterocycles. The van der Waals surface area contributed by atoms with Crippen LogP contribution < -0.4 is 10.1 Å². The molecule has 0 bridgehead atoms. The second kappa shape index (κ2) is 7.99. The Morgan fingerprint density at radius 3 is 2.64 bits per heavy atom. The largest absolute Gasteiger partial charge is 0.504 e. The fourth-order valence-electron chi connectivity index (χ4n) is 3.84. The summed E-state index contributed by atoms with van der Waals surface area (Å²) in [4.78, 5) is 13.2. The van der Waals surface area contributed by atoms with Crippen molar-refractivity contribution in [3.8, 4) is 11.5 Å². The molecule has 2 aliphatic rings. The van der Waals surface area contributed by atoms with Gasteiger partial charge in [0.15, 0.2) is 11.5 Å². The first-order valence-electron chi connectivity index (χ1n) is 8.69. The van der Waals surface area contributed by atoms with E-state index in [0.29, 0.717) is 18.8 Å². The van der Waals surface area contributed by atoms with Crippen molar-refractivity contribution >= 4 is 5.69 Å². The lowest BCUT2D eigenvalue weighted by Gasteiger charge is -2.41. The summed E-state index contributed by atoms with van der Waals surface area (Å²) >= 11 is 0. The number of non-ortho nitro benzene ring substituents is 1. The van der Waals surface area contributed by atoms with Gasteiger partial charge in [-0.25, -0.2) is 0 Å². The number of nitro benzene ring substituents is 1. The average Bonchev–Trinajstić information content (AvgIpc) is 2.65. The Kier molecular flexibility index (Phi) is 5.72. The van der Waals surface area contributed by atoms with Crippen LogP contribution in [0.15, 0.2) is 12.1 Å². The van der Waals surface area contributed by atoms with E-state index in [4.69, 9.17) is 9.47 Å². The van der Waals surface area contributed by atoms with Gasteiger partial charge in [-0.3, -0.25) is 15.0 Å². The minimum absolute atomic E-state index is 0.00289. The van der Waals surface area contributed by atoms with Gasteiger partial charge in [0.1, 0.15) is 0 Å². The molecular formula is C17H25N3O5. The summed E-state index contributed by atoms with van der Waals surface area (Å²) < 4.78 is 10.7. The van der Waals surface area contributed by atoms with E-state index in [9.17, 15) is 15.2 Å². The maximum absolute atomic E-state index is 11.3. The van der Waals surface area contributed by atoms with Gasteiger partial charge in [-0.15, -0.1) is 0 Å². The molecule has 0 saturated carbocycles. The van der Waals surface area contributed by atoms with Gasteiger partial charge in [0, 0.05) is 57.1 Å². The molecule has 1 aromatic rings. The van der Waals surface area contributed by atoms with E-state index in [1.165, 1.54) is 19.2 Å². The van der Waals surface area contributed by atoms with Gasteiger partial charge < -0.3 is 19.9 Å². The van der Waals surface area contributed by atoms with Gasteiger partial charge >= 0.3 is 0 Å². The Morgan fingerprint density at radius 2 is 2.04 bits per heavy atom. The molecule has 0 spiro atoms. The van der Waals surface area contributed by atoms with Crippen LogP contribution >= 0.6 is 0 Å². The Morgan fingerprint density at radius 1 is 1.36 bits per heavy atom. The van der Waals surface area contributed by atoms with E-state index < -0.39 is 4.92 Å². The molecule has 8 nitrogen and oxygen atoms in total. The van der Waals surface area contributed by atoms with Crippen LogP contribution in [0.3, 0.4) is 0 Å². The molecule has 0 aromatic heterocycles. The van der Waals surface area contributed by atoms with Crippen LogP contribution in [-0.4, -0.2) is 61.4 Å². The molecule has 2 saturated heterocycles. The van der Waals surface area contributed by atoms with Crippen molar-refractivity contribution in [1.82, 2.24) is 10.2 Å². The van der Waals surface area contributed by atoms with Crippen molar-refractivity contribution in [3.63, 3.8) is 0 Å². The topological polar surface area (TPSA) is 97.1 Å². The second-order valence-electron chi connectivity index (χ2n) is 6.52. The molecular weight excluding hydrogens is 326 g/mol. The summed E-state index contributed by atoms with van der Waals surface area (Å²) in [7, 11) is 1.41. The van der Waals surface area contributed by atoms with Crippen LogP contribution in [0.4, 0.5) is 5.69 Å². The summed E-state index contributed by atoms with van der Waals surface area (Å²) in [5.74, 6) is 0.434. The summed E-state index contributed by atoms with van der Waals surface area (Å²) in [5.41, 5.74) is 0.525. The normalized spacial score (nSPS) is 21.0.